The van der Waals surface area contributed by atoms with Crippen LogP contribution in [-0.2, 0) is 12.6 Å². The predicted octanol–water partition coefficient (Wildman–Crippen LogP) is 3.32. The van der Waals surface area contributed by atoms with E-state index in [1.165, 1.54) is 12.1 Å². The molecule has 1 aromatic rings. The Bertz CT molecular complexity index is 319. The van der Waals surface area contributed by atoms with Gasteiger partial charge in [0.15, 0.2) is 0 Å². The van der Waals surface area contributed by atoms with E-state index in [0.717, 1.165) is 6.07 Å². The average Bonchev–Trinajstić information content (AvgIpc) is 2.07. The Hall–Kier alpha value is -0.710. The fourth-order valence-electron chi connectivity index (χ4n) is 1.11. The van der Waals surface area contributed by atoms with E-state index >= 15 is 0 Å². The molecule has 14 heavy (non-hydrogen) atoms. The third kappa shape index (κ3) is 2.41. The lowest BCUT2D eigenvalue weighted by molar-refractivity contribution is -0.140. The van der Waals surface area contributed by atoms with Gasteiger partial charge in [-0.2, -0.15) is 25.8 Å². The van der Waals surface area contributed by atoms with E-state index in [1.807, 2.05) is 0 Å². The van der Waals surface area contributed by atoms with Crippen LogP contribution < -0.4 is 0 Å². The molecule has 0 spiro atoms. The largest absolute Gasteiger partial charge is 0.419 e. The van der Waals surface area contributed by atoms with Crippen LogP contribution >= 0.6 is 12.6 Å². The molecule has 0 fully saturated rings. The molecular weight excluding hydrogens is 216 g/mol. The summed E-state index contributed by atoms with van der Waals surface area (Å²) in [5.41, 5.74) is -1.16. The lowest BCUT2D eigenvalue weighted by atomic mass is 10.1. The van der Waals surface area contributed by atoms with Gasteiger partial charge in [-0.3, -0.25) is 0 Å². The first-order valence-electron chi connectivity index (χ1n) is 3.92. The maximum Gasteiger partial charge on any atom is 0.419 e. The minimum atomic E-state index is -4.63. The molecule has 1 rings (SSSR count). The lowest BCUT2D eigenvalue weighted by Crippen LogP contribution is -2.10. The van der Waals surface area contributed by atoms with Gasteiger partial charge < -0.3 is 0 Å². The zero-order valence-electron chi connectivity index (χ0n) is 7.11. The third-order valence-electron chi connectivity index (χ3n) is 1.77. The summed E-state index contributed by atoms with van der Waals surface area (Å²) < 4.78 is 49.8. The summed E-state index contributed by atoms with van der Waals surface area (Å²) >= 11 is 3.84. The minimum Gasteiger partial charge on any atom is -0.206 e. The third-order valence-corrected chi connectivity index (χ3v) is 1.99. The molecule has 0 atom stereocenters. The van der Waals surface area contributed by atoms with E-state index < -0.39 is 17.6 Å². The van der Waals surface area contributed by atoms with Crippen molar-refractivity contribution in [2.45, 2.75) is 12.6 Å². The number of alkyl halides is 3. The van der Waals surface area contributed by atoms with Crippen molar-refractivity contribution in [1.29, 1.82) is 0 Å². The van der Waals surface area contributed by atoms with Gasteiger partial charge in [-0.05, 0) is 23.8 Å². The van der Waals surface area contributed by atoms with Crippen molar-refractivity contribution in [2.75, 3.05) is 5.75 Å². The molecule has 78 valence electrons. The summed E-state index contributed by atoms with van der Waals surface area (Å²) in [7, 11) is 0. The molecule has 0 saturated carbocycles. The number of rotatable bonds is 2. The summed E-state index contributed by atoms with van der Waals surface area (Å²) in [5.74, 6) is -0.868. The van der Waals surface area contributed by atoms with Crippen LogP contribution in [0.4, 0.5) is 17.6 Å². The summed E-state index contributed by atoms with van der Waals surface area (Å²) in [6.45, 7) is 0. The summed E-state index contributed by atoms with van der Waals surface area (Å²) in [5, 5.41) is 0. The number of hydrogen-bond donors (Lipinski definition) is 1. The van der Waals surface area contributed by atoms with Crippen molar-refractivity contribution >= 4 is 12.6 Å². The first-order valence-corrected chi connectivity index (χ1v) is 4.55. The van der Waals surface area contributed by atoms with Crippen LogP contribution in [0.5, 0.6) is 0 Å². The van der Waals surface area contributed by atoms with Crippen molar-refractivity contribution < 1.29 is 17.6 Å². The minimum absolute atomic E-state index is 0.0508. The second-order valence-electron chi connectivity index (χ2n) is 2.75. The zero-order valence-corrected chi connectivity index (χ0v) is 8.00. The summed E-state index contributed by atoms with van der Waals surface area (Å²) in [6.07, 6.45) is -4.43. The molecule has 0 aliphatic heterocycles. The van der Waals surface area contributed by atoms with Gasteiger partial charge >= 0.3 is 6.18 Å². The van der Waals surface area contributed by atoms with Gasteiger partial charge in [0, 0.05) is 0 Å². The maximum absolute atomic E-state index is 13.2. The van der Waals surface area contributed by atoms with Crippen LogP contribution in [0.1, 0.15) is 11.1 Å². The Balaban J connectivity index is 3.14. The monoisotopic (exact) mass is 224 g/mol. The first kappa shape index (κ1) is 11.4. The van der Waals surface area contributed by atoms with E-state index in [9.17, 15) is 17.6 Å². The van der Waals surface area contributed by atoms with E-state index in [1.54, 1.807) is 0 Å². The Kier molecular flexibility index (Phi) is 3.42. The molecule has 0 N–H and O–H groups in total. The van der Waals surface area contributed by atoms with Gasteiger partial charge in [-0.25, -0.2) is 4.39 Å². The van der Waals surface area contributed by atoms with E-state index in [-0.39, 0.29) is 12.0 Å². The summed E-state index contributed by atoms with van der Waals surface area (Å²) in [6, 6.07) is 3.27. The molecule has 0 heterocycles. The lowest BCUT2D eigenvalue weighted by Gasteiger charge is -2.10. The van der Waals surface area contributed by atoms with Crippen molar-refractivity contribution in [3.63, 3.8) is 0 Å². The standard InChI is InChI=1S/C9H8F4S/c10-8-6(4-5-14)2-1-3-7(8)9(11,12)13/h1-3,14H,4-5H2. The Morgan fingerprint density at radius 1 is 1.21 bits per heavy atom. The smallest absolute Gasteiger partial charge is 0.206 e. The molecule has 0 bridgehead atoms. The molecule has 0 radical (unpaired) electrons. The number of thiol groups is 1. The first-order chi connectivity index (χ1) is 6.46. The predicted molar refractivity (Wildman–Crippen MR) is 49.0 cm³/mol. The number of hydrogen-bond acceptors (Lipinski definition) is 1. The molecule has 0 aliphatic carbocycles. The SMILES string of the molecule is Fc1c(CCS)cccc1C(F)(F)F. The van der Waals surface area contributed by atoms with Crippen molar-refractivity contribution in [2.24, 2.45) is 0 Å². The Morgan fingerprint density at radius 3 is 2.36 bits per heavy atom. The highest BCUT2D eigenvalue weighted by Crippen LogP contribution is 2.32. The van der Waals surface area contributed by atoms with Crippen LogP contribution in [0.25, 0.3) is 0 Å². The van der Waals surface area contributed by atoms with Crippen molar-refractivity contribution in [3.8, 4) is 0 Å². The molecule has 1 aromatic carbocycles. The van der Waals surface area contributed by atoms with Crippen molar-refractivity contribution in [1.82, 2.24) is 0 Å². The van der Waals surface area contributed by atoms with E-state index in [0.29, 0.717) is 5.75 Å². The highest BCUT2D eigenvalue weighted by atomic mass is 32.1. The fraction of sp³-hybridized carbons (Fsp3) is 0.333. The fourth-order valence-corrected chi connectivity index (χ4v) is 1.35. The highest BCUT2D eigenvalue weighted by Gasteiger charge is 2.34. The molecular formula is C9H8F4S. The van der Waals surface area contributed by atoms with Crippen LogP contribution in [0, 0.1) is 5.82 Å². The van der Waals surface area contributed by atoms with Crippen LogP contribution in [-0.4, -0.2) is 5.75 Å². The Morgan fingerprint density at radius 2 is 1.86 bits per heavy atom. The molecule has 0 saturated heterocycles. The van der Waals surface area contributed by atoms with Gasteiger partial charge in [0.05, 0.1) is 5.56 Å². The van der Waals surface area contributed by atoms with E-state index in [4.69, 9.17) is 0 Å². The van der Waals surface area contributed by atoms with E-state index in [2.05, 4.69) is 12.6 Å². The molecule has 5 heteroatoms. The zero-order chi connectivity index (χ0) is 10.8. The number of aryl methyl sites for hydroxylation is 1. The second-order valence-corrected chi connectivity index (χ2v) is 3.20. The highest BCUT2D eigenvalue weighted by molar-refractivity contribution is 7.80. The topological polar surface area (TPSA) is 0 Å². The molecule has 0 nitrogen and oxygen atoms in total. The number of halogens is 4. The van der Waals surface area contributed by atoms with Crippen molar-refractivity contribution in [3.05, 3.63) is 35.1 Å². The normalized spacial score (nSPS) is 11.8. The van der Waals surface area contributed by atoms with Gasteiger partial charge in [-0.15, -0.1) is 0 Å². The van der Waals surface area contributed by atoms with Gasteiger partial charge in [0.2, 0.25) is 0 Å². The van der Waals surface area contributed by atoms with Crippen LogP contribution in [0.3, 0.4) is 0 Å². The maximum atomic E-state index is 13.2. The van der Waals surface area contributed by atoms with Crippen LogP contribution in [0.15, 0.2) is 18.2 Å². The van der Waals surface area contributed by atoms with Gasteiger partial charge in [-0.1, -0.05) is 12.1 Å². The summed E-state index contributed by atoms with van der Waals surface area (Å²) in [4.78, 5) is 0. The molecule has 0 unspecified atom stereocenters. The number of benzene rings is 1. The second kappa shape index (κ2) is 4.21. The van der Waals surface area contributed by atoms with Crippen LogP contribution in [0.2, 0.25) is 0 Å². The molecule has 0 aliphatic rings. The molecule has 0 aromatic heterocycles. The van der Waals surface area contributed by atoms with Gasteiger partial charge in [0.1, 0.15) is 5.82 Å². The van der Waals surface area contributed by atoms with Gasteiger partial charge in [0.25, 0.3) is 0 Å². The Labute approximate surface area is 84.3 Å². The molecule has 0 amide bonds. The average molecular weight is 224 g/mol. The quantitative estimate of drug-likeness (QED) is 0.578.